The number of rotatable bonds is 17. The van der Waals surface area contributed by atoms with E-state index >= 15 is 0 Å². The van der Waals surface area contributed by atoms with Gasteiger partial charge in [0.25, 0.3) is 0 Å². The number of hydrogen-bond donors (Lipinski definition) is 1. The largest absolute Gasteiger partial charge is 0.317 e. The van der Waals surface area contributed by atoms with Crippen LogP contribution in [0, 0.1) is 11.6 Å². The first-order valence-electron chi connectivity index (χ1n) is 23.5. The van der Waals surface area contributed by atoms with Crippen LogP contribution in [0.15, 0.2) is 182 Å². The van der Waals surface area contributed by atoms with E-state index in [4.69, 9.17) is 11.6 Å². The third-order valence-electron chi connectivity index (χ3n) is 12.4. The molecule has 7 heteroatoms. The van der Waals surface area contributed by atoms with Gasteiger partial charge in [-0.1, -0.05) is 173 Å². The average Bonchev–Trinajstić information content (AvgIpc) is 4.13. The normalized spacial score (nSPS) is 14.0. The molecule has 0 aromatic heterocycles. The fourth-order valence-corrected chi connectivity index (χ4v) is 8.71. The summed E-state index contributed by atoms with van der Waals surface area (Å²) in [5.41, 5.74) is 9.53. The Labute approximate surface area is 408 Å². The van der Waals surface area contributed by atoms with Crippen molar-refractivity contribution in [3.8, 4) is 0 Å². The molecule has 8 rings (SSSR count). The van der Waals surface area contributed by atoms with Crippen molar-refractivity contribution < 1.29 is 8.78 Å². The summed E-state index contributed by atoms with van der Waals surface area (Å²) in [4.78, 5) is 7.38. The van der Waals surface area contributed by atoms with Gasteiger partial charge < -0.3 is 10.2 Å². The zero-order valence-electron chi connectivity index (χ0n) is 38.4. The third kappa shape index (κ3) is 17.8. The number of halogens is 3. The van der Waals surface area contributed by atoms with E-state index in [1.165, 1.54) is 97.4 Å². The first-order chi connectivity index (χ1) is 31.9. The number of nitrogens with one attached hydrogen (secondary N) is 1. The maximum absolute atomic E-state index is 13.5. The molecule has 6 aromatic rings. The Morgan fingerprint density at radius 3 is 1.18 bits per heavy atom. The Hall–Kier alpha value is -5.21. The van der Waals surface area contributed by atoms with Crippen LogP contribution in [0.25, 0.3) is 11.1 Å². The fourth-order valence-electron chi connectivity index (χ4n) is 8.49. The van der Waals surface area contributed by atoms with E-state index in [-0.39, 0.29) is 38.6 Å². The maximum atomic E-state index is 13.5. The van der Waals surface area contributed by atoms with Crippen LogP contribution >= 0.6 is 11.6 Å². The monoisotopic (exact) mass is 925 g/mol. The van der Waals surface area contributed by atoms with Crippen LogP contribution in [0.3, 0.4) is 0 Å². The Kier molecular flexibility index (Phi) is 24.5. The lowest BCUT2D eigenvalue weighted by atomic mass is 9.97. The van der Waals surface area contributed by atoms with Crippen molar-refractivity contribution in [1.82, 2.24) is 20.0 Å². The first kappa shape index (κ1) is 54.4. The highest BCUT2D eigenvalue weighted by molar-refractivity contribution is 6.18. The number of likely N-dealkylation sites (tertiary alicyclic amines) is 1. The molecule has 0 amide bonds. The van der Waals surface area contributed by atoms with E-state index in [2.05, 4.69) is 155 Å². The van der Waals surface area contributed by atoms with Gasteiger partial charge in [-0.25, -0.2) is 8.78 Å². The van der Waals surface area contributed by atoms with Gasteiger partial charge in [0.2, 0.25) is 0 Å². The van der Waals surface area contributed by atoms with Crippen LogP contribution < -0.4 is 5.32 Å². The average molecular weight is 926 g/mol. The minimum absolute atomic E-state index is 0. The van der Waals surface area contributed by atoms with Gasteiger partial charge in [-0.05, 0) is 135 Å². The van der Waals surface area contributed by atoms with Gasteiger partial charge in [0.05, 0.1) is 0 Å². The molecule has 2 aliphatic heterocycles. The van der Waals surface area contributed by atoms with Gasteiger partial charge in [-0.3, -0.25) is 9.80 Å². The van der Waals surface area contributed by atoms with Crippen LogP contribution in [-0.2, 0) is 0 Å². The van der Waals surface area contributed by atoms with E-state index in [0.717, 1.165) is 43.9 Å². The van der Waals surface area contributed by atoms with Crippen LogP contribution in [0.1, 0.15) is 99.8 Å². The van der Waals surface area contributed by atoms with Crippen molar-refractivity contribution >= 4 is 22.7 Å². The Morgan fingerprint density at radius 1 is 0.522 bits per heavy atom. The molecule has 2 atom stereocenters. The highest BCUT2D eigenvalue weighted by Gasteiger charge is 2.19. The van der Waals surface area contributed by atoms with Gasteiger partial charge in [-0.15, -0.1) is 11.6 Å². The predicted octanol–water partition coefficient (Wildman–Crippen LogP) is 14.6. The molecule has 67 heavy (non-hydrogen) atoms. The molecule has 0 bridgehead atoms. The van der Waals surface area contributed by atoms with Crippen molar-refractivity contribution in [2.45, 2.75) is 66.5 Å². The third-order valence-corrected chi connectivity index (χ3v) is 12.6. The van der Waals surface area contributed by atoms with Gasteiger partial charge >= 0.3 is 0 Å². The Balaban J connectivity index is 0.000000259. The summed E-state index contributed by atoms with van der Waals surface area (Å²) in [6, 6.07) is 56.1. The summed E-state index contributed by atoms with van der Waals surface area (Å²) in [7, 11) is 0. The molecule has 0 saturated carbocycles. The second kappa shape index (κ2) is 30.2. The molecule has 1 N–H and O–H groups in total. The predicted molar refractivity (Wildman–Crippen MR) is 285 cm³/mol. The van der Waals surface area contributed by atoms with E-state index in [1.54, 1.807) is 12.1 Å². The number of hydrogen-bond acceptors (Lipinski definition) is 4. The lowest BCUT2D eigenvalue weighted by Gasteiger charge is -2.30. The minimum atomic E-state index is -0.213. The fraction of sp³-hybridized carbons (Fsp3) is 0.333. The van der Waals surface area contributed by atoms with Gasteiger partial charge in [0.1, 0.15) is 11.6 Å². The van der Waals surface area contributed by atoms with E-state index in [0.29, 0.717) is 5.88 Å². The standard InChI is InChI=1S/C29H33FN2.C25H25ClFN.C4H9N.2CH4/c1-24(25-14-16-28(30)17-15-25)32(23-22-31-19-8-9-20-31)21-18-29(26-10-4-2-5-11-26)27-12-6-3-7-13-27;1-20(21-12-14-24(27)15-13-21)28(19-17-26)18-16-25(22-8-4-2-5-9-22)23-10-6-3-7-11-23;1-2-4-5-3-1;;/h2-7,10-18,24H,8-9,19-23H2,1H3;2-16,20H,17-19H2,1H3;5H,1-4H2;2*1H4/t24-;20-;;;/m11.../s1. The zero-order chi connectivity index (χ0) is 45.5. The van der Waals surface area contributed by atoms with E-state index in [1.807, 2.05) is 36.4 Å². The van der Waals surface area contributed by atoms with Crippen molar-refractivity contribution in [3.63, 3.8) is 0 Å². The Bertz CT molecular complexity index is 2170. The summed E-state index contributed by atoms with van der Waals surface area (Å²) in [5, 5.41) is 3.22. The lowest BCUT2D eigenvalue weighted by Crippen LogP contribution is -2.35. The molecule has 0 radical (unpaired) electrons. The molecule has 0 unspecified atom stereocenters. The molecule has 6 aromatic carbocycles. The lowest BCUT2D eigenvalue weighted by molar-refractivity contribution is 0.197. The van der Waals surface area contributed by atoms with Gasteiger partial charge in [-0.2, -0.15) is 0 Å². The number of benzene rings is 6. The summed E-state index contributed by atoms with van der Waals surface area (Å²) >= 11 is 6.08. The van der Waals surface area contributed by atoms with Crippen molar-refractivity contribution in [2.75, 3.05) is 64.8 Å². The molecule has 2 fully saturated rings. The number of nitrogens with zero attached hydrogens (tertiary/aromatic N) is 3. The summed E-state index contributed by atoms with van der Waals surface area (Å²) in [6.07, 6.45) is 10.0. The molecule has 0 spiro atoms. The van der Waals surface area contributed by atoms with Gasteiger partial charge in [0, 0.05) is 50.7 Å². The molecule has 356 valence electrons. The maximum Gasteiger partial charge on any atom is 0.123 e. The van der Waals surface area contributed by atoms with Crippen LogP contribution in [-0.4, -0.2) is 79.5 Å². The minimum Gasteiger partial charge on any atom is -0.317 e. The molecule has 0 aliphatic carbocycles. The number of alkyl halides is 1. The van der Waals surface area contributed by atoms with Crippen LogP contribution in [0.2, 0.25) is 0 Å². The zero-order valence-corrected chi connectivity index (χ0v) is 39.1. The summed E-state index contributed by atoms with van der Waals surface area (Å²) in [5.74, 6) is 0.154. The van der Waals surface area contributed by atoms with Crippen molar-refractivity contribution in [2.24, 2.45) is 0 Å². The second-order valence-corrected chi connectivity index (χ2v) is 17.2. The summed E-state index contributed by atoms with van der Waals surface area (Å²) < 4.78 is 26.8. The smallest absolute Gasteiger partial charge is 0.123 e. The van der Waals surface area contributed by atoms with E-state index in [9.17, 15) is 8.78 Å². The quantitative estimate of drug-likeness (QED) is 0.0920. The first-order valence-corrected chi connectivity index (χ1v) is 24.0. The molecule has 4 nitrogen and oxygen atoms in total. The highest BCUT2D eigenvalue weighted by atomic mass is 35.5. The highest BCUT2D eigenvalue weighted by Crippen LogP contribution is 2.28. The SMILES string of the molecule is C.C.C1CCNC1.C[C@H](c1ccc(F)cc1)N(CC=C(c1ccccc1)c1ccccc1)CCCl.C[C@H](c1ccc(F)cc1)N(CC=C(c1ccccc1)c1ccccc1)CCN1CCCC1. The van der Waals surface area contributed by atoms with Crippen molar-refractivity contribution in [3.05, 3.63) is 227 Å². The Morgan fingerprint density at radius 2 is 0.866 bits per heavy atom. The van der Waals surface area contributed by atoms with E-state index < -0.39 is 0 Å². The summed E-state index contributed by atoms with van der Waals surface area (Å²) in [6.45, 7) is 13.7. The van der Waals surface area contributed by atoms with Crippen molar-refractivity contribution in [1.29, 1.82) is 0 Å². The van der Waals surface area contributed by atoms with Crippen LogP contribution in [0.4, 0.5) is 8.78 Å². The van der Waals surface area contributed by atoms with Crippen LogP contribution in [0.5, 0.6) is 0 Å². The molecular formula is C60H75ClF2N4. The topological polar surface area (TPSA) is 21.8 Å². The molecule has 2 saturated heterocycles. The molecule has 2 aliphatic rings. The molecule has 2 heterocycles. The second-order valence-electron chi connectivity index (χ2n) is 16.8. The van der Waals surface area contributed by atoms with Gasteiger partial charge in [0.15, 0.2) is 0 Å². The molecular weight excluding hydrogens is 850 g/mol.